The molecule has 174 valence electrons. The summed E-state index contributed by atoms with van der Waals surface area (Å²) in [6, 6.07) is 13.2. The van der Waals surface area contributed by atoms with Gasteiger partial charge in [0.1, 0.15) is 17.9 Å². The molecule has 9 heteroatoms. The van der Waals surface area contributed by atoms with Gasteiger partial charge in [-0.1, -0.05) is 24.3 Å². The molecular formula is C25H24N4O4S. The van der Waals surface area contributed by atoms with Crippen molar-refractivity contribution in [3.63, 3.8) is 0 Å². The Labute approximate surface area is 198 Å². The van der Waals surface area contributed by atoms with Crippen molar-refractivity contribution in [1.82, 2.24) is 9.97 Å². The minimum Gasteiger partial charge on any atom is -0.344 e. The predicted molar refractivity (Wildman–Crippen MR) is 128 cm³/mol. The Kier molecular flexibility index (Phi) is 5.44. The van der Waals surface area contributed by atoms with Crippen molar-refractivity contribution in [1.29, 1.82) is 0 Å². The molecule has 2 aromatic heterocycles. The van der Waals surface area contributed by atoms with Crippen molar-refractivity contribution >= 4 is 33.7 Å². The van der Waals surface area contributed by atoms with Crippen LogP contribution in [-0.2, 0) is 14.6 Å². The zero-order valence-corrected chi connectivity index (χ0v) is 19.6. The summed E-state index contributed by atoms with van der Waals surface area (Å²) in [5.41, 5.74) is 1.49. The molecule has 0 saturated heterocycles. The number of pyridine rings is 2. The van der Waals surface area contributed by atoms with Gasteiger partial charge >= 0.3 is 0 Å². The van der Waals surface area contributed by atoms with Crippen molar-refractivity contribution in [2.24, 2.45) is 0 Å². The molecule has 1 saturated carbocycles. The fourth-order valence-corrected chi connectivity index (χ4v) is 5.53. The van der Waals surface area contributed by atoms with Crippen LogP contribution in [0.2, 0.25) is 0 Å². The van der Waals surface area contributed by atoms with Crippen molar-refractivity contribution in [2.75, 3.05) is 16.1 Å². The van der Waals surface area contributed by atoms with Gasteiger partial charge in [0.05, 0.1) is 22.5 Å². The molecule has 34 heavy (non-hydrogen) atoms. The third-order valence-electron chi connectivity index (χ3n) is 6.25. The Balaban J connectivity index is 1.68. The zero-order chi connectivity index (χ0) is 24.0. The van der Waals surface area contributed by atoms with Crippen LogP contribution in [0.5, 0.6) is 0 Å². The molecule has 1 amide bonds. The van der Waals surface area contributed by atoms with Crippen LogP contribution >= 0.6 is 0 Å². The number of carbonyl (C=O) groups excluding carboxylic acids is 2. The van der Waals surface area contributed by atoms with Gasteiger partial charge < -0.3 is 9.69 Å². The zero-order valence-electron chi connectivity index (χ0n) is 18.8. The van der Waals surface area contributed by atoms with Crippen LogP contribution < -0.4 is 9.80 Å². The molecule has 8 nitrogen and oxygen atoms in total. The lowest BCUT2D eigenvalue weighted by molar-refractivity contribution is -0.108. The first-order valence-electron chi connectivity index (χ1n) is 11.1. The maximum absolute atomic E-state index is 13.8. The maximum atomic E-state index is 13.8. The van der Waals surface area contributed by atoms with Gasteiger partial charge in [-0.2, -0.15) is 0 Å². The Morgan fingerprint density at radius 3 is 2.53 bits per heavy atom. The van der Waals surface area contributed by atoms with E-state index in [1.54, 1.807) is 42.7 Å². The Morgan fingerprint density at radius 2 is 1.88 bits per heavy atom. The smallest absolute Gasteiger partial charge is 0.261 e. The van der Waals surface area contributed by atoms with E-state index in [1.807, 2.05) is 24.0 Å². The van der Waals surface area contributed by atoms with E-state index < -0.39 is 21.8 Å². The van der Waals surface area contributed by atoms with E-state index >= 15 is 0 Å². The Hall–Kier alpha value is -3.59. The number of aldehydes is 1. The van der Waals surface area contributed by atoms with Gasteiger partial charge in [0, 0.05) is 24.7 Å². The normalized spacial score (nSPS) is 18.5. The SMILES string of the molecule is CC(C=O)N(c1cccc(N2C(=O)c3c(cccc3S(C)(=O)=O)C2c2cccnc2)n1)C1CC1. The monoisotopic (exact) mass is 476 g/mol. The topological polar surface area (TPSA) is 101 Å². The molecule has 1 aliphatic carbocycles. The van der Waals surface area contributed by atoms with Crippen LogP contribution in [0.3, 0.4) is 0 Å². The minimum absolute atomic E-state index is 0.00303. The van der Waals surface area contributed by atoms with Gasteiger partial charge in [-0.3, -0.25) is 14.7 Å². The number of amides is 1. The first-order valence-corrected chi connectivity index (χ1v) is 13.0. The molecule has 3 aromatic rings. The molecule has 1 fully saturated rings. The number of carbonyl (C=O) groups is 2. The first-order chi connectivity index (χ1) is 16.3. The van der Waals surface area contributed by atoms with E-state index in [1.165, 1.54) is 11.0 Å². The lowest BCUT2D eigenvalue weighted by Gasteiger charge is -2.29. The number of rotatable bonds is 7. The first kappa shape index (κ1) is 22.2. The molecule has 5 rings (SSSR count). The predicted octanol–water partition coefficient (Wildman–Crippen LogP) is 3.19. The fraction of sp³-hybridized carbons (Fsp3) is 0.280. The van der Waals surface area contributed by atoms with Crippen molar-refractivity contribution < 1.29 is 18.0 Å². The number of nitrogens with zero attached hydrogens (tertiary/aromatic N) is 4. The third-order valence-corrected chi connectivity index (χ3v) is 7.39. The molecule has 2 unspecified atom stereocenters. The highest BCUT2D eigenvalue weighted by molar-refractivity contribution is 7.90. The molecule has 0 spiro atoms. The van der Waals surface area contributed by atoms with Gasteiger partial charge in [0.2, 0.25) is 0 Å². The molecular weight excluding hydrogens is 452 g/mol. The summed E-state index contributed by atoms with van der Waals surface area (Å²) < 4.78 is 25.0. The number of benzene rings is 1. The van der Waals surface area contributed by atoms with E-state index in [4.69, 9.17) is 4.98 Å². The summed E-state index contributed by atoms with van der Waals surface area (Å²) in [4.78, 5) is 37.9. The standard InChI is InChI=1S/C25H24N4O4S/c1-16(15-30)28(18-11-12-18)21-9-4-10-22(27-21)29-24(17-6-5-13-26-14-17)19-7-3-8-20(34(2,32)33)23(19)25(29)31/h3-10,13-16,18,24H,11-12H2,1-2H3. The molecule has 1 aliphatic heterocycles. The van der Waals surface area contributed by atoms with Crippen molar-refractivity contribution in [2.45, 2.75) is 42.8 Å². The van der Waals surface area contributed by atoms with Crippen LogP contribution in [0.25, 0.3) is 0 Å². The molecule has 2 atom stereocenters. The summed E-state index contributed by atoms with van der Waals surface area (Å²) in [6.07, 6.45) is 7.27. The number of sulfone groups is 1. The number of anilines is 2. The fourth-order valence-electron chi connectivity index (χ4n) is 4.63. The van der Waals surface area contributed by atoms with Crippen molar-refractivity contribution in [3.8, 4) is 0 Å². The number of aromatic nitrogens is 2. The molecule has 1 aromatic carbocycles. The second-order valence-corrected chi connectivity index (χ2v) is 10.7. The van der Waals surface area contributed by atoms with Gasteiger partial charge in [-0.05, 0) is 55.2 Å². The van der Waals surface area contributed by atoms with Gasteiger partial charge in [0.25, 0.3) is 5.91 Å². The molecule has 2 aliphatic rings. The van der Waals surface area contributed by atoms with E-state index in [2.05, 4.69) is 4.98 Å². The Bertz CT molecular complexity index is 1370. The van der Waals surface area contributed by atoms with Crippen LogP contribution in [0.1, 0.15) is 47.3 Å². The van der Waals surface area contributed by atoms with Crippen LogP contribution in [0.4, 0.5) is 11.6 Å². The van der Waals surface area contributed by atoms with E-state index in [9.17, 15) is 18.0 Å². The van der Waals surface area contributed by atoms with Crippen LogP contribution in [-0.4, -0.2) is 48.9 Å². The lowest BCUT2D eigenvalue weighted by atomic mass is 9.99. The van der Waals surface area contributed by atoms with Crippen LogP contribution in [0, 0.1) is 0 Å². The summed E-state index contributed by atoms with van der Waals surface area (Å²) in [7, 11) is -3.64. The average molecular weight is 477 g/mol. The second-order valence-electron chi connectivity index (χ2n) is 8.73. The van der Waals surface area contributed by atoms with E-state index in [-0.39, 0.29) is 22.5 Å². The average Bonchev–Trinajstić information content (AvgIpc) is 3.62. The number of fused-ring (bicyclic) bond motifs is 1. The largest absolute Gasteiger partial charge is 0.344 e. The summed E-state index contributed by atoms with van der Waals surface area (Å²) >= 11 is 0. The summed E-state index contributed by atoms with van der Waals surface area (Å²) in [6.45, 7) is 1.83. The number of hydrogen-bond acceptors (Lipinski definition) is 7. The highest BCUT2D eigenvalue weighted by Crippen LogP contribution is 2.43. The lowest BCUT2D eigenvalue weighted by Crippen LogP contribution is -2.37. The Morgan fingerprint density at radius 1 is 1.12 bits per heavy atom. The minimum atomic E-state index is -3.64. The maximum Gasteiger partial charge on any atom is 0.261 e. The second kappa shape index (κ2) is 8.32. The molecule has 0 N–H and O–H groups in total. The highest BCUT2D eigenvalue weighted by Gasteiger charge is 2.43. The summed E-state index contributed by atoms with van der Waals surface area (Å²) in [5, 5.41) is 0. The highest BCUT2D eigenvalue weighted by atomic mass is 32.2. The quantitative estimate of drug-likeness (QED) is 0.483. The van der Waals surface area contributed by atoms with E-state index in [0.29, 0.717) is 17.2 Å². The molecule has 0 radical (unpaired) electrons. The van der Waals surface area contributed by atoms with Crippen molar-refractivity contribution in [3.05, 3.63) is 77.6 Å². The summed E-state index contributed by atoms with van der Waals surface area (Å²) in [5.74, 6) is 0.559. The van der Waals surface area contributed by atoms with Crippen LogP contribution in [0.15, 0.2) is 65.8 Å². The molecule has 0 bridgehead atoms. The third kappa shape index (κ3) is 3.75. The van der Waals surface area contributed by atoms with E-state index in [0.717, 1.165) is 30.9 Å². The van der Waals surface area contributed by atoms with Gasteiger partial charge in [-0.15, -0.1) is 0 Å². The van der Waals surface area contributed by atoms with Gasteiger partial charge in [-0.25, -0.2) is 13.4 Å². The number of hydrogen-bond donors (Lipinski definition) is 0. The van der Waals surface area contributed by atoms with Gasteiger partial charge in [0.15, 0.2) is 9.84 Å². The molecule has 3 heterocycles.